The molecule has 0 saturated carbocycles. The standard InChI is InChI=1S/C15H24N2/c1-4-15(2)12-17(3)14(11-16-15)10-13-8-6-5-7-9-13/h5-9,14,16H,4,10-12H2,1-3H3. The van der Waals surface area contributed by atoms with E-state index in [0.29, 0.717) is 11.6 Å². The predicted molar refractivity (Wildman–Crippen MR) is 73.3 cm³/mol. The molecule has 1 fully saturated rings. The molecule has 1 heterocycles. The molecule has 0 amide bonds. The summed E-state index contributed by atoms with van der Waals surface area (Å²) in [4.78, 5) is 2.51. The summed E-state index contributed by atoms with van der Waals surface area (Å²) in [5.74, 6) is 0. The van der Waals surface area contributed by atoms with Crippen molar-refractivity contribution in [3.8, 4) is 0 Å². The van der Waals surface area contributed by atoms with Gasteiger partial charge >= 0.3 is 0 Å². The minimum atomic E-state index is 0.294. The number of nitrogens with one attached hydrogen (secondary N) is 1. The fourth-order valence-electron chi connectivity index (χ4n) is 2.61. The summed E-state index contributed by atoms with van der Waals surface area (Å²) in [5.41, 5.74) is 1.73. The Labute approximate surface area is 105 Å². The van der Waals surface area contributed by atoms with Gasteiger partial charge in [-0.3, -0.25) is 0 Å². The molecule has 2 nitrogen and oxygen atoms in total. The zero-order valence-corrected chi connectivity index (χ0v) is 11.2. The molecule has 2 heteroatoms. The first-order valence-electron chi connectivity index (χ1n) is 6.62. The molecule has 0 aromatic heterocycles. The minimum Gasteiger partial charge on any atom is -0.309 e. The normalized spacial score (nSPS) is 30.4. The number of likely N-dealkylation sites (N-methyl/N-ethyl adjacent to an activating group) is 1. The van der Waals surface area contributed by atoms with Crippen LogP contribution in [0.2, 0.25) is 0 Å². The summed E-state index contributed by atoms with van der Waals surface area (Å²) >= 11 is 0. The molecule has 17 heavy (non-hydrogen) atoms. The second kappa shape index (κ2) is 5.19. The molecule has 1 aromatic rings. The van der Waals surface area contributed by atoms with E-state index >= 15 is 0 Å². The predicted octanol–water partition coefficient (Wildman–Crippen LogP) is 2.30. The van der Waals surface area contributed by atoms with Crippen molar-refractivity contribution in [3.63, 3.8) is 0 Å². The lowest BCUT2D eigenvalue weighted by Gasteiger charge is -2.44. The summed E-state index contributed by atoms with van der Waals surface area (Å²) in [7, 11) is 2.25. The maximum absolute atomic E-state index is 3.70. The van der Waals surface area contributed by atoms with Gasteiger partial charge < -0.3 is 10.2 Å². The van der Waals surface area contributed by atoms with Gasteiger partial charge in [0.05, 0.1) is 0 Å². The highest BCUT2D eigenvalue weighted by Gasteiger charge is 2.32. The first-order valence-corrected chi connectivity index (χ1v) is 6.62. The molecule has 1 N–H and O–H groups in total. The molecule has 1 aromatic carbocycles. The number of piperazine rings is 1. The van der Waals surface area contributed by atoms with Gasteiger partial charge in [0.2, 0.25) is 0 Å². The van der Waals surface area contributed by atoms with Crippen LogP contribution < -0.4 is 5.32 Å². The largest absolute Gasteiger partial charge is 0.309 e. The van der Waals surface area contributed by atoms with Crippen LogP contribution in [0.25, 0.3) is 0 Å². The molecule has 94 valence electrons. The van der Waals surface area contributed by atoms with Crippen LogP contribution in [0.15, 0.2) is 30.3 Å². The van der Waals surface area contributed by atoms with Gasteiger partial charge in [-0.1, -0.05) is 37.3 Å². The molecule has 0 spiro atoms. The van der Waals surface area contributed by atoms with Crippen LogP contribution in [0.5, 0.6) is 0 Å². The first kappa shape index (κ1) is 12.6. The maximum Gasteiger partial charge on any atom is 0.0278 e. The highest BCUT2D eigenvalue weighted by atomic mass is 15.2. The summed E-state index contributed by atoms with van der Waals surface area (Å²) < 4.78 is 0. The van der Waals surface area contributed by atoms with Gasteiger partial charge in [-0.15, -0.1) is 0 Å². The zero-order valence-electron chi connectivity index (χ0n) is 11.2. The van der Waals surface area contributed by atoms with E-state index in [2.05, 4.69) is 61.4 Å². The summed E-state index contributed by atoms with van der Waals surface area (Å²) in [5, 5.41) is 3.70. The molecular weight excluding hydrogens is 208 g/mol. The van der Waals surface area contributed by atoms with Crippen molar-refractivity contribution in [1.82, 2.24) is 10.2 Å². The van der Waals surface area contributed by atoms with Crippen LogP contribution in [-0.2, 0) is 6.42 Å². The number of hydrogen-bond donors (Lipinski definition) is 1. The quantitative estimate of drug-likeness (QED) is 0.860. The van der Waals surface area contributed by atoms with Gasteiger partial charge in [-0.2, -0.15) is 0 Å². The second-order valence-electron chi connectivity index (χ2n) is 5.55. The average molecular weight is 232 g/mol. The Kier molecular flexibility index (Phi) is 3.85. The van der Waals surface area contributed by atoms with E-state index in [-0.39, 0.29) is 0 Å². The lowest BCUT2D eigenvalue weighted by molar-refractivity contribution is 0.110. The minimum absolute atomic E-state index is 0.294. The molecule has 0 radical (unpaired) electrons. The first-order chi connectivity index (χ1) is 8.13. The Bertz CT molecular complexity index is 349. The van der Waals surface area contributed by atoms with Crippen LogP contribution in [-0.4, -0.2) is 36.6 Å². The SMILES string of the molecule is CCC1(C)CN(C)C(Cc2ccccc2)CN1. The van der Waals surface area contributed by atoms with Crippen LogP contribution in [0, 0.1) is 0 Å². The molecular formula is C15H24N2. The Morgan fingerprint density at radius 1 is 1.35 bits per heavy atom. The van der Waals surface area contributed by atoms with Crippen molar-refractivity contribution in [3.05, 3.63) is 35.9 Å². The fourth-order valence-corrected chi connectivity index (χ4v) is 2.61. The van der Waals surface area contributed by atoms with E-state index in [1.165, 1.54) is 12.0 Å². The number of hydrogen-bond acceptors (Lipinski definition) is 2. The van der Waals surface area contributed by atoms with Crippen molar-refractivity contribution in [2.75, 3.05) is 20.1 Å². The van der Waals surface area contributed by atoms with Crippen LogP contribution in [0.4, 0.5) is 0 Å². The summed E-state index contributed by atoms with van der Waals surface area (Å²) in [6.07, 6.45) is 2.33. The van der Waals surface area contributed by atoms with Crippen LogP contribution in [0.3, 0.4) is 0 Å². The zero-order chi connectivity index (χ0) is 12.3. The third-order valence-electron chi connectivity index (χ3n) is 4.08. The molecule has 0 bridgehead atoms. The summed E-state index contributed by atoms with van der Waals surface area (Å²) in [6.45, 7) is 6.82. The topological polar surface area (TPSA) is 15.3 Å². The van der Waals surface area contributed by atoms with Crippen molar-refractivity contribution >= 4 is 0 Å². The fraction of sp³-hybridized carbons (Fsp3) is 0.600. The third-order valence-corrected chi connectivity index (χ3v) is 4.08. The van der Waals surface area contributed by atoms with Gasteiger partial charge in [-0.05, 0) is 32.4 Å². The maximum atomic E-state index is 3.70. The van der Waals surface area contributed by atoms with E-state index < -0.39 is 0 Å². The van der Waals surface area contributed by atoms with Gasteiger partial charge in [0.1, 0.15) is 0 Å². The smallest absolute Gasteiger partial charge is 0.0278 e. The van der Waals surface area contributed by atoms with E-state index in [4.69, 9.17) is 0 Å². The Morgan fingerprint density at radius 2 is 2.06 bits per heavy atom. The van der Waals surface area contributed by atoms with Crippen LogP contribution >= 0.6 is 0 Å². The van der Waals surface area contributed by atoms with E-state index in [0.717, 1.165) is 19.5 Å². The molecule has 2 rings (SSSR count). The highest BCUT2D eigenvalue weighted by Crippen LogP contribution is 2.19. The lowest BCUT2D eigenvalue weighted by Crippen LogP contribution is -2.61. The molecule has 1 aliphatic rings. The molecule has 1 saturated heterocycles. The van der Waals surface area contributed by atoms with E-state index in [1.54, 1.807) is 0 Å². The van der Waals surface area contributed by atoms with Gasteiger partial charge in [0.15, 0.2) is 0 Å². The van der Waals surface area contributed by atoms with Gasteiger partial charge in [0, 0.05) is 24.7 Å². The lowest BCUT2D eigenvalue weighted by atomic mass is 9.92. The number of rotatable bonds is 3. The van der Waals surface area contributed by atoms with Gasteiger partial charge in [0.25, 0.3) is 0 Å². The number of benzene rings is 1. The average Bonchev–Trinajstić information content (AvgIpc) is 2.34. The summed E-state index contributed by atoms with van der Waals surface area (Å²) in [6, 6.07) is 11.4. The van der Waals surface area contributed by atoms with E-state index in [9.17, 15) is 0 Å². The van der Waals surface area contributed by atoms with E-state index in [1.807, 2.05) is 0 Å². The van der Waals surface area contributed by atoms with Crippen molar-refractivity contribution in [1.29, 1.82) is 0 Å². The highest BCUT2D eigenvalue weighted by molar-refractivity contribution is 5.16. The Morgan fingerprint density at radius 3 is 2.65 bits per heavy atom. The van der Waals surface area contributed by atoms with Crippen molar-refractivity contribution < 1.29 is 0 Å². The molecule has 1 aliphatic heterocycles. The molecule has 2 unspecified atom stereocenters. The van der Waals surface area contributed by atoms with Crippen molar-refractivity contribution in [2.45, 2.75) is 38.3 Å². The van der Waals surface area contributed by atoms with Gasteiger partial charge in [-0.25, -0.2) is 0 Å². The Balaban J connectivity index is 1.96. The molecule has 2 atom stereocenters. The second-order valence-corrected chi connectivity index (χ2v) is 5.55. The Hall–Kier alpha value is -0.860. The molecule has 0 aliphatic carbocycles. The number of nitrogens with zero attached hydrogens (tertiary/aromatic N) is 1. The monoisotopic (exact) mass is 232 g/mol. The third kappa shape index (κ3) is 3.08. The van der Waals surface area contributed by atoms with Crippen LogP contribution in [0.1, 0.15) is 25.8 Å². The van der Waals surface area contributed by atoms with Crippen molar-refractivity contribution in [2.24, 2.45) is 0 Å².